The number of hydrogen-bond donors (Lipinski definition) is 4. The summed E-state index contributed by atoms with van der Waals surface area (Å²) in [6, 6.07) is 11.6. The molecule has 2 amide bonds. The summed E-state index contributed by atoms with van der Waals surface area (Å²) in [4.78, 5) is 24.8. The van der Waals surface area contributed by atoms with E-state index in [0.717, 1.165) is 5.56 Å². The van der Waals surface area contributed by atoms with Crippen LogP contribution in [0.5, 0.6) is 11.5 Å². The van der Waals surface area contributed by atoms with Crippen LogP contribution in [0.4, 0.5) is 10.5 Å². The van der Waals surface area contributed by atoms with Crippen molar-refractivity contribution in [1.29, 1.82) is 0 Å². The van der Waals surface area contributed by atoms with E-state index >= 15 is 0 Å². The zero-order valence-electron chi connectivity index (χ0n) is 15.5. The van der Waals surface area contributed by atoms with Gasteiger partial charge in [-0.25, -0.2) is 4.79 Å². The number of ether oxygens (including phenoxy) is 1. The fourth-order valence-electron chi connectivity index (χ4n) is 2.34. The van der Waals surface area contributed by atoms with E-state index in [1.807, 2.05) is 0 Å². The highest BCUT2D eigenvalue weighted by molar-refractivity contribution is 5.96. The highest BCUT2D eigenvalue weighted by atomic mass is 16.6. The fraction of sp³-hybridized carbons (Fsp3) is 0.300. The third-order valence-corrected chi connectivity index (χ3v) is 3.50. The van der Waals surface area contributed by atoms with Gasteiger partial charge in [-0.05, 0) is 50.6 Å². The SMILES string of the molecule is CC(C)(C)OC(=O)N[C@@H](Cc1ccc(O)cc1)C(=O)Nc1cccc(O)c1. The molecule has 2 aromatic carbocycles. The van der Waals surface area contributed by atoms with Crippen LogP contribution in [0.2, 0.25) is 0 Å². The van der Waals surface area contributed by atoms with Gasteiger partial charge in [-0.2, -0.15) is 0 Å². The lowest BCUT2D eigenvalue weighted by atomic mass is 10.0. The summed E-state index contributed by atoms with van der Waals surface area (Å²) in [6.07, 6.45) is -0.512. The molecule has 0 aliphatic carbocycles. The van der Waals surface area contributed by atoms with Crippen LogP contribution in [0, 0.1) is 0 Å². The number of rotatable bonds is 5. The van der Waals surface area contributed by atoms with E-state index < -0.39 is 23.6 Å². The van der Waals surface area contributed by atoms with Crippen LogP contribution >= 0.6 is 0 Å². The first-order valence-corrected chi connectivity index (χ1v) is 8.50. The molecule has 0 radical (unpaired) electrons. The van der Waals surface area contributed by atoms with Gasteiger partial charge in [0.15, 0.2) is 0 Å². The number of phenols is 2. The predicted molar refractivity (Wildman–Crippen MR) is 102 cm³/mol. The number of hydrogen-bond acceptors (Lipinski definition) is 5. The predicted octanol–water partition coefficient (Wildman–Crippen LogP) is 3.17. The van der Waals surface area contributed by atoms with Crippen LogP contribution in [0.15, 0.2) is 48.5 Å². The maximum absolute atomic E-state index is 12.7. The second kappa shape index (κ2) is 8.44. The number of anilines is 1. The summed E-state index contributed by atoms with van der Waals surface area (Å²) in [5.74, 6) is -0.331. The van der Waals surface area contributed by atoms with Gasteiger partial charge in [0.2, 0.25) is 5.91 Å². The van der Waals surface area contributed by atoms with Crippen molar-refractivity contribution in [1.82, 2.24) is 5.32 Å². The molecule has 0 saturated carbocycles. The molecule has 0 bridgehead atoms. The van der Waals surface area contributed by atoms with Crippen LogP contribution in [-0.4, -0.2) is 33.9 Å². The largest absolute Gasteiger partial charge is 0.508 e. The van der Waals surface area contributed by atoms with Crippen LogP contribution in [-0.2, 0) is 16.0 Å². The first-order valence-electron chi connectivity index (χ1n) is 8.50. The van der Waals surface area contributed by atoms with Gasteiger partial charge >= 0.3 is 6.09 Å². The first-order chi connectivity index (χ1) is 12.6. The maximum Gasteiger partial charge on any atom is 0.408 e. The lowest BCUT2D eigenvalue weighted by Crippen LogP contribution is -2.47. The van der Waals surface area contributed by atoms with Gasteiger partial charge in [0.1, 0.15) is 23.1 Å². The van der Waals surface area contributed by atoms with Gasteiger partial charge in [-0.15, -0.1) is 0 Å². The molecule has 144 valence electrons. The van der Waals surface area contributed by atoms with Crippen molar-refractivity contribution in [3.63, 3.8) is 0 Å². The molecule has 4 N–H and O–H groups in total. The van der Waals surface area contributed by atoms with E-state index in [9.17, 15) is 19.8 Å². The Labute approximate surface area is 158 Å². The van der Waals surface area contributed by atoms with Crippen LogP contribution in [0.3, 0.4) is 0 Å². The molecule has 0 unspecified atom stereocenters. The molecule has 2 rings (SSSR count). The van der Waals surface area contributed by atoms with Gasteiger partial charge in [-0.3, -0.25) is 4.79 Å². The molecule has 0 saturated heterocycles. The normalized spacial score (nSPS) is 12.1. The summed E-state index contributed by atoms with van der Waals surface area (Å²) >= 11 is 0. The van der Waals surface area contributed by atoms with E-state index in [1.54, 1.807) is 45.0 Å². The molecule has 0 spiro atoms. The Morgan fingerprint density at radius 3 is 2.30 bits per heavy atom. The van der Waals surface area contributed by atoms with Gasteiger partial charge in [-0.1, -0.05) is 18.2 Å². The van der Waals surface area contributed by atoms with Gasteiger partial charge < -0.3 is 25.6 Å². The number of amides is 2. The minimum absolute atomic E-state index is 0.0167. The molecule has 1 atom stereocenters. The fourth-order valence-corrected chi connectivity index (χ4v) is 2.34. The second-order valence-corrected chi connectivity index (χ2v) is 7.11. The van der Waals surface area contributed by atoms with Crippen molar-refractivity contribution in [2.45, 2.75) is 38.8 Å². The zero-order chi connectivity index (χ0) is 20.0. The molecule has 2 aromatic rings. The average Bonchev–Trinajstić information content (AvgIpc) is 2.54. The topological polar surface area (TPSA) is 108 Å². The Morgan fingerprint density at radius 2 is 1.70 bits per heavy atom. The van der Waals surface area contributed by atoms with Crippen LogP contribution < -0.4 is 10.6 Å². The van der Waals surface area contributed by atoms with Crippen molar-refractivity contribution < 1.29 is 24.5 Å². The molecule has 27 heavy (non-hydrogen) atoms. The van der Waals surface area contributed by atoms with E-state index in [1.165, 1.54) is 24.3 Å². The van der Waals surface area contributed by atoms with E-state index in [2.05, 4.69) is 10.6 Å². The molecular formula is C20H24N2O5. The zero-order valence-corrected chi connectivity index (χ0v) is 15.5. The second-order valence-electron chi connectivity index (χ2n) is 7.11. The summed E-state index contributed by atoms with van der Waals surface area (Å²) in [5, 5.41) is 24.2. The highest BCUT2D eigenvalue weighted by Crippen LogP contribution is 2.17. The molecule has 0 heterocycles. The number of benzene rings is 2. The van der Waals surface area contributed by atoms with Crippen molar-refractivity contribution >= 4 is 17.7 Å². The van der Waals surface area contributed by atoms with E-state index in [4.69, 9.17) is 4.74 Å². The standard InChI is InChI=1S/C20H24N2O5/c1-20(2,3)27-19(26)22-17(11-13-7-9-15(23)10-8-13)18(25)21-14-5-4-6-16(24)12-14/h4-10,12,17,23-24H,11H2,1-3H3,(H,21,25)(H,22,26)/t17-/m0/s1. The molecule has 7 heteroatoms. The Bertz CT molecular complexity index is 797. The molecule has 0 aliphatic heterocycles. The molecule has 0 aliphatic rings. The number of aromatic hydroxyl groups is 2. The number of carbonyl (C=O) groups is 2. The Kier molecular flexibility index (Phi) is 6.28. The van der Waals surface area contributed by atoms with Gasteiger partial charge in [0.05, 0.1) is 0 Å². The monoisotopic (exact) mass is 372 g/mol. The lowest BCUT2D eigenvalue weighted by molar-refractivity contribution is -0.118. The molecular weight excluding hydrogens is 348 g/mol. The first kappa shape index (κ1) is 20.1. The van der Waals surface area contributed by atoms with Crippen molar-refractivity contribution in [3.8, 4) is 11.5 Å². The Balaban J connectivity index is 2.15. The van der Waals surface area contributed by atoms with E-state index in [-0.39, 0.29) is 17.9 Å². The summed E-state index contributed by atoms with van der Waals surface area (Å²) in [7, 11) is 0. The van der Waals surface area contributed by atoms with Crippen molar-refractivity contribution in [2.24, 2.45) is 0 Å². The van der Waals surface area contributed by atoms with Gasteiger partial charge in [0.25, 0.3) is 0 Å². The number of alkyl carbamates (subject to hydrolysis) is 1. The number of phenolic OH excluding ortho intramolecular Hbond substituents is 2. The van der Waals surface area contributed by atoms with Gasteiger partial charge in [0, 0.05) is 18.2 Å². The summed E-state index contributed by atoms with van der Waals surface area (Å²) in [6.45, 7) is 5.19. The highest BCUT2D eigenvalue weighted by Gasteiger charge is 2.25. The van der Waals surface area contributed by atoms with Crippen LogP contribution in [0.1, 0.15) is 26.3 Å². The van der Waals surface area contributed by atoms with Crippen LogP contribution in [0.25, 0.3) is 0 Å². The smallest absolute Gasteiger partial charge is 0.408 e. The minimum atomic E-state index is -0.910. The number of carbonyl (C=O) groups excluding carboxylic acids is 2. The summed E-state index contributed by atoms with van der Waals surface area (Å²) < 4.78 is 5.23. The third-order valence-electron chi connectivity index (χ3n) is 3.50. The maximum atomic E-state index is 12.7. The van der Waals surface area contributed by atoms with Crippen molar-refractivity contribution in [3.05, 3.63) is 54.1 Å². The third kappa shape index (κ3) is 6.89. The average molecular weight is 372 g/mol. The summed E-state index contributed by atoms with van der Waals surface area (Å²) in [5.41, 5.74) is 0.455. The lowest BCUT2D eigenvalue weighted by Gasteiger charge is -2.23. The quantitative estimate of drug-likeness (QED) is 0.645. The Hall–Kier alpha value is -3.22. The number of nitrogens with one attached hydrogen (secondary N) is 2. The van der Waals surface area contributed by atoms with Crippen molar-refractivity contribution in [2.75, 3.05) is 5.32 Å². The van der Waals surface area contributed by atoms with E-state index in [0.29, 0.717) is 5.69 Å². The molecule has 0 fully saturated rings. The minimum Gasteiger partial charge on any atom is -0.508 e. The molecule has 7 nitrogen and oxygen atoms in total. The molecule has 0 aromatic heterocycles. The Morgan fingerprint density at radius 1 is 1.04 bits per heavy atom.